The first kappa shape index (κ1) is 18.5. The van der Waals surface area contributed by atoms with E-state index in [-0.39, 0.29) is 18.0 Å². The molecule has 0 radical (unpaired) electrons. The van der Waals surface area contributed by atoms with Crippen molar-refractivity contribution in [1.82, 2.24) is 14.9 Å². The van der Waals surface area contributed by atoms with Crippen molar-refractivity contribution >= 4 is 39.8 Å². The van der Waals surface area contributed by atoms with Crippen molar-refractivity contribution in [3.8, 4) is 5.88 Å². The van der Waals surface area contributed by atoms with Crippen molar-refractivity contribution in [2.45, 2.75) is 0 Å². The fourth-order valence-corrected chi connectivity index (χ4v) is 2.26. The number of aryl methyl sites for hydroxylation is 1. The molecule has 0 unspecified atom stereocenters. The van der Waals surface area contributed by atoms with Crippen LogP contribution in [-0.2, 0) is 7.05 Å². The lowest BCUT2D eigenvalue weighted by Crippen LogP contribution is -2.19. The van der Waals surface area contributed by atoms with Crippen LogP contribution in [0.3, 0.4) is 0 Å². The van der Waals surface area contributed by atoms with Crippen LogP contribution in [0.4, 0.5) is 11.5 Å². The van der Waals surface area contributed by atoms with Gasteiger partial charge in [-0.25, -0.2) is 0 Å². The minimum absolute atomic E-state index is 0. The van der Waals surface area contributed by atoms with Crippen LogP contribution in [0.15, 0.2) is 39.7 Å². The second-order valence-electron chi connectivity index (χ2n) is 4.43. The van der Waals surface area contributed by atoms with Crippen molar-refractivity contribution in [1.29, 1.82) is 0 Å². The van der Waals surface area contributed by atoms with Gasteiger partial charge in [0, 0.05) is 30.3 Å². The van der Waals surface area contributed by atoms with E-state index in [1.165, 1.54) is 4.57 Å². The van der Waals surface area contributed by atoms with E-state index in [1.807, 2.05) is 13.1 Å². The highest BCUT2D eigenvalue weighted by Crippen LogP contribution is 2.17. The van der Waals surface area contributed by atoms with Gasteiger partial charge in [0.05, 0.1) is 0 Å². The maximum atomic E-state index is 12.0. The molecule has 2 rings (SSSR count). The molecule has 2 aromatic heterocycles. The predicted octanol–water partition coefficient (Wildman–Crippen LogP) is 2.31. The fourth-order valence-electron chi connectivity index (χ4n) is 1.72. The van der Waals surface area contributed by atoms with Crippen LogP contribution >= 0.6 is 28.3 Å². The van der Waals surface area contributed by atoms with Crippen molar-refractivity contribution in [3.63, 3.8) is 0 Å². The Morgan fingerprint density at radius 2 is 2.18 bits per heavy atom. The van der Waals surface area contributed by atoms with E-state index >= 15 is 0 Å². The summed E-state index contributed by atoms with van der Waals surface area (Å²) in [6, 6.07) is 7.11. The van der Waals surface area contributed by atoms with Gasteiger partial charge in [-0.2, -0.15) is 4.98 Å². The fraction of sp³-hybridized carbons (Fsp3) is 0.286. The van der Waals surface area contributed by atoms with E-state index in [1.54, 1.807) is 31.4 Å². The van der Waals surface area contributed by atoms with E-state index in [0.29, 0.717) is 24.0 Å². The van der Waals surface area contributed by atoms with Crippen LogP contribution < -0.4 is 20.9 Å². The summed E-state index contributed by atoms with van der Waals surface area (Å²) in [5.41, 5.74) is 0.327. The molecule has 0 amide bonds. The summed E-state index contributed by atoms with van der Waals surface area (Å²) in [7, 11) is 3.56. The summed E-state index contributed by atoms with van der Waals surface area (Å²) in [5, 5.41) is 6.01. The van der Waals surface area contributed by atoms with Gasteiger partial charge in [-0.15, -0.1) is 12.4 Å². The molecular weight excluding hydrogens is 372 g/mol. The maximum absolute atomic E-state index is 12.0. The molecular formula is C14H18BrClN4O2. The molecule has 0 aromatic carbocycles. The molecule has 0 aliphatic rings. The Labute approximate surface area is 143 Å². The molecule has 0 saturated carbocycles. The summed E-state index contributed by atoms with van der Waals surface area (Å²) >= 11 is 3.37. The number of ether oxygens (including phenoxy) is 1. The van der Waals surface area contributed by atoms with Crippen LogP contribution in [0.5, 0.6) is 5.88 Å². The van der Waals surface area contributed by atoms with Crippen molar-refractivity contribution < 1.29 is 4.74 Å². The molecule has 2 aromatic rings. The quantitative estimate of drug-likeness (QED) is 0.742. The second kappa shape index (κ2) is 8.77. The summed E-state index contributed by atoms with van der Waals surface area (Å²) in [5.74, 6) is 1.08. The van der Waals surface area contributed by atoms with Gasteiger partial charge < -0.3 is 19.9 Å². The van der Waals surface area contributed by atoms with Gasteiger partial charge in [0.1, 0.15) is 18.1 Å². The standard InChI is InChI=1S/C14H17BrN4O2.ClH/c1-16-6-7-21-13-5-3-4-12(18-13)17-11-8-10(15)9-19(2)14(11)20;/h3-5,8-9,16H,6-7H2,1-2H3,(H,17,18);1H. The van der Waals surface area contributed by atoms with E-state index in [9.17, 15) is 4.79 Å². The number of pyridine rings is 2. The number of nitrogens with one attached hydrogen (secondary N) is 2. The average molecular weight is 390 g/mol. The molecule has 0 aliphatic heterocycles. The van der Waals surface area contributed by atoms with Gasteiger partial charge in [0.15, 0.2) is 0 Å². The Balaban J connectivity index is 0.00000242. The molecule has 120 valence electrons. The van der Waals surface area contributed by atoms with E-state index in [0.717, 1.165) is 11.0 Å². The normalized spacial score (nSPS) is 9.95. The van der Waals surface area contributed by atoms with Crippen LogP contribution in [0.1, 0.15) is 0 Å². The number of anilines is 2. The van der Waals surface area contributed by atoms with Gasteiger partial charge in [-0.1, -0.05) is 6.07 Å². The van der Waals surface area contributed by atoms with Gasteiger partial charge >= 0.3 is 0 Å². The minimum atomic E-state index is -0.124. The lowest BCUT2D eigenvalue weighted by molar-refractivity contribution is 0.307. The number of rotatable bonds is 6. The Hall–Kier alpha value is -1.57. The van der Waals surface area contributed by atoms with Gasteiger partial charge in [0.25, 0.3) is 5.56 Å². The van der Waals surface area contributed by atoms with Crippen LogP contribution in [0.25, 0.3) is 0 Å². The van der Waals surface area contributed by atoms with Crippen molar-refractivity contribution in [2.24, 2.45) is 7.05 Å². The zero-order valence-corrected chi connectivity index (χ0v) is 14.7. The lowest BCUT2D eigenvalue weighted by atomic mass is 10.4. The van der Waals surface area contributed by atoms with Gasteiger partial charge in [0.2, 0.25) is 5.88 Å². The van der Waals surface area contributed by atoms with Crippen molar-refractivity contribution in [2.75, 3.05) is 25.5 Å². The third-order valence-electron chi connectivity index (χ3n) is 2.74. The van der Waals surface area contributed by atoms with E-state index in [2.05, 4.69) is 31.5 Å². The van der Waals surface area contributed by atoms with Crippen LogP contribution in [-0.4, -0.2) is 29.8 Å². The summed E-state index contributed by atoms with van der Waals surface area (Å²) in [4.78, 5) is 16.3. The third kappa shape index (κ3) is 5.01. The van der Waals surface area contributed by atoms with E-state index < -0.39 is 0 Å². The average Bonchev–Trinajstić information content (AvgIpc) is 2.45. The topological polar surface area (TPSA) is 68.2 Å². The molecule has 6 nitrogen and oxygen atoms in total. The predicted molar refractivity (Wildman–Crippen MR) is 93.6 cm³/mol. The molecule has 0 aliphatic carbocycles. The Bertz CT molecular complexity index is 678. The highest BCUT2D eigenvalue weighted by Gasteiger charge is 2.05. The SMILES string of the molecule is CNCCOc1cccc(Nc2cc(Br)cn(C)c2=O)n1.Cl. The highest BCUT2D eigenvalue weighted by molar-refractivity contribution is 9.10. The van der Waals surface area contributed by atoms with Crippen molar-refractivity contribution in [3.05, 3.63) is 45.3 Å². The Kier molecular flexibility index (Phi) is 7.37. The molecule has 22 heavy (non-hydrogen) atoms. The maximum Gasteiger partial charge on any atom is 0.274 e. The number of hydrogen-bond donors (Lipinski definition) is 2. The first-order valence-corrected chi connectivity index (χ1v) is 7.27. The number of hydrogen-bond acceptors (Lipinski definition) is 5. The van der Waals surface area contributed by atoms with Crippen LogP contribution in [0.2, 0.25) is 0 Å². The summed E-state index contributed by atoms with van der Waals surface area (Å²) in [6.45, 7) is 1.27. The Morgan fingerprint density at radius 3 is 2.91 bits per heavy atom. The first-order chi connectivity index (χ1) is 10.1. The lowest BCUT2D eigenvalue weighted by Gasteiger charge is -2.09. The first-order valence-electron chi connectivity index (χ1n) is 6.48. The van der Waals surface area contributed by atoms with Crippen LogP contribution in [0, 0.1) is 0 Å². The summed E-state index contributed by atoms with van der Waals surface area (Å²) < 4.78 is 7.81. The largest absolute Gasteiger partial charge is 0.476 e. The zero-order chi connectivity index (χ0) is 15.2. The van der Waals surface area contributed by atoms with Gasteiger partial charge in [-0.3, -0.25) is 4.79 Å². The number of aromatic nitrogens is 2. The highest BCUT2D eigenvalue weighted by atomic mass is 79.9. The van der Waals surface area contributed by atoms with Gasteiger partial charge in [-0.05, 0) is 35.1 Å². The number of likely N-dealkylation sites (N-methyl/N-ethyl adjacent to an activating group) is 1. The monoisotopic (exact) mass is 388 g/mol. The molecule has 0 atom stereocenters. The molecule has 2 N–H and O–H groups in total. The summed E-state index contributed by atoms with van der Waals surface area (Å²) in [6.07, 6.45) is 1.71. The van der Waals surface area contributed by atoms with E-state index in [4.69, 9.17) is 4.74 Å². The zero-order valence-electron chi connectivity index (χ0n) is 12.3. The molecule has 0 bridgehead atoms. The third-order valence-corrected chi connectivity index (χ3v) is 3.17. The minimum Gasteiger partial charge on any atom is -0.476 e. The second-order valence-corrected chi connectivity index (χ2v) is 5.34. The number of halogens is 2. The molecule has 2 heterocycles. The Morgan fingerprint density at radius 1 is 1.41 bits per heavy atom. The molecule has 0 spiro atoms. The number of nitrogens with zero attached hydrogens (tertiary/aromatic N) is 2. The molecule has 0 fully saturated rings. The molecule has 8 heteroatoms. The molecule has 0 saturated heterocycles. The smallest absolute Gasteiger partial charge is 0.274 e.